The van der Waals surface area contributed by atoms with Gasteiger partial charge in [-0.15, -0.1) is 0 Å². The first-order valence-corrected chi connectivity index (χ1v) is 5.20. The van der Waals surface area contributed by atoms with E-state index in [0.717, 1.165) is 0 Å². The number of nitrogens with two attached hydrogens (primary N) is 1. The summed E-state index contributed by atoms with van der Waals surface area (Å²) in [5, 5.41) is 8.68. The molecule has 15 heavy (non-hydrogen) atoms. The van der Waals surface area contributed by atoms with E-state index < -0.39 is 11.9 Å². The Bertz CT molecular complexity index is 231. The van der Waals surface area contributed by atoms with Crippen molar-refractivity contribution in [3.63, 3.8) is 0 Å². The normalized spacial score (nSPS) is 14.9. The zero-order chi connectivity index (χ0) is 12.0. The van der Waals surface area contributed by atoms with E-state index in [1.807, 2.05) is 18.7 Å². The number of carbonyl (C=O) groups is 2. The first-order valence-electron chi connectivity index (χ1n) is 5.20. The van der Waals surface area contributed by atoms with Crippen LogP contribution in [0.1, 0.15) is 33.6 Å². The van der Waals surface area contributed by atoms with Crippen molar-refractivity contribution in [1.29, 1.82) is 0 Å². The standard InChI is InChI=1S/C10H20N2O3/c1-4-8(10(11)15)12(5-2)7(3)6-9(13)14/h7-8H,4-6H2,1-3H3,(H2,11,15)(H,13,14). The van der Waals surface area contributed by atoms with E-state index in [4.69, 9.17) is 10.8 Å². The Kier molecular flexibility index (Phi) is 5.93. The Morgan fingerprint density at radius 2 is 1.93 bits per heavy atom. The molecule has 2 atom stereocenters. The van der Waals surface area contributed by atoms with Crippen LogP contribution in [0.5, 0.6) is 0 Å². The maximum Gasteiger partial charge on any atom is 0.304 e. The number of hydrogen-bond donors (Lipinski definition) is 2. The molecule has 0 saturated heterocycles. The van der Waals surface area contributed by atoms with Gasteiger partial charge in [-0.05, 0) is 19.9 Å². The molecule has 0 aromatic rings. The molecule has 0 aliphatic carbocycles. The number of carboxylic acid groups (broad SMARTS) is 1. The van der Waals surface area contributed by atoms with Gasteiger partial charge in [0.25, 0.3) is 0 Å². The Hall–Kier alpha value is -1.10. The predicted octanol–water partition coefficient (Wildman–Crippen LogP) is 0.435. The van der Waals surface area contributed by atoms with Gasteiger partial charge in [-0.2, -0.15) is 0 Å². The number of likely N-dealkylation sites (N-methyl/N-ethyl adjacent to an activating group) is 1. The number of carbonyl (C=O) groups excluding carboxylic acids is 1. The van der Waals surface area contributed by atoms with Crippen molar-refractivity contribution < 1.29 is 14.7 Å². The molecular weight excluding hydrogens is 196 g/mol. The number of aliphatic carboxylic acids is 1. The number of hydrogen-bond acceptors (Lipinski definition) is 3. The van der Waals surface area contributed by atoms with Gasteiger partial charge in [0.05, 0.1) is 12.5 Å². The van der Waals surface area contributed by atoms with E-state index >= 15 is 0 Å². The van der Waals surface area contributed by atoms with Gasteiger partial charge < -0.3 is 10.8 Å². The number of carboxylic acids is 1. The molecule has 0 saturated carbocycles. The van der Waals surface area contributed by atoms with Crippen LogP contribution in [0.3, 0.4) is 0 Å². The van der Waals surface area contributed by atoms with Crippen molar-refractivity contribution in [1.82, 2.24) is 4.90 Å². The molecule has 1 amide bonds. The summed E-state index contributed by atoms with van der Waals surface area (Å²) in [6.45, 7) is 6.18. The lowest BCUT2D eigenvalue weighted by Crippen LogP contribution is -2.49. The van der Waals surface area contributed by atoms with Gasteiger partial charge in [0.2, 0.25) is 5.91 Å². The zero-order valence-electron chi connectivity index (χ0n) is 9.56. The fourth-order valence-electron chi connectivity index (χ4n) is 1.81. The van der Waals surface area contributed by atoms with Gasteiger partial charge in [-0.1, -0.05) is 13.8 Å². The minimum absolute atomic E-state index is 0.0254. The molecule has 0 aromatic heterocycles. The Balaban J connectivity index is 4.56. The lowest BCUT2D eigenvalue weighted by Gasteiger charge is -2.32. The summed E-state index contributed by atoms with van der Waals surface area (Å²) in [7, 11) is 0. The second-order valence-corrected chi connectivity index (χ2v) is 3.60. The van der Waals surface area contributed by atoms with Crippen molar-refractivity contribution >= 4 is 11.9 Å². The van der Waals surface area contributed by atoms with E-state index in [-0.39, 0.29) is 18.5 Å². The van der Waals surface area contributed by atoms with Gasteiger partial charge in [0.1, 0.15) is 0 Å². The molecule has 5 nitrogen and oxygen atoms in total. The third-order valence-corrected chi connectivity index (χ3v) is 2.52. The highest BCUT2D eigenvalue weighted by Gasteiger charge is 2.26. The van der Waals surface area contributed by atoms with Gasteiger partial charge in [0.15, 0.2) is 0 Å². The first-order chi connectivity index (χ1) is 6.93. The molecule has 0 aromatic carbocycles. The van der Waals surface area contributed by atoms with Crippen molar-refractivity contribution in [2.45, 2.75) is 45.7 Å². The molecule has 0 aliphatic rings. The second kappa shape index (κ2) is 6.40. The average molecular weight is 216 g/mol. The molecule has 0 spiro atoms. The summed E-state index contributed by atoms with van der Waals surface area (Å²) >= 11 is 0. The van der Waals surface area contributed by atoms with Crippen molar-refractivity contribution in [3.05, 3.63) is 0 Å². The van der Waals surface area contributed by atoms with Crippen LogP contribution >= 0.6 is 0 Å². The van der Waals surface area contributed by atoms with E-state index in [1.54, 1.807) is 6.92 Å². The lowest BCUT2D eigenvalue weighted by molar-refractivity contribution is -0.139. The van der Waals surface area contributed by atoms with Crippen molar-refractivity contribution in [3.8, 4) is 0 Å². The summed E-state index contributed by atoms with van der Waals surface area (Å²) < 4.78 is 0. The lowest BCUT2D eigenvalue weighted by atomic mass is 10.1. The molecular formula is C10H20N2O3. The highest BCUT2D eigenvalue weighted by Crippen LogP contribution is 2.11. The van der Waals surface area contributed by atoms with Gasteiger partial charge in [-0.25, -0.2) is 0 Å². The van der Waals surface area contributed by atoms with E-state index in [9.17, 15) is 9.59 Å². The fourth-order valence-corrected chi connectivity index (χ4v) is 1.81. The smallest absolute Gasteiger partial charge is 0.304 e. The molecule has 88 valence electrons. The highest BCUT2D eigenvalue weighted by atomic mass is 16.4. The third kappa shape index (κ3) is 4.29. The molecule has 0 heterocycles. The highest BCUT2D eigenvalue weighted by molar-refractivity contribution is 5.80. The first kappa shape index (κ1) is 13.9. The largest absolute Gasteiger partial charge is 0.481 e. The molecule has 5 heteroatoms. The van der Waals surface area contributed by atoms with Crippen LogP contribution in [0.4, 0.5) is 0 Å². The summed E-state index contributed by atoms with van der Waals surface area (Å²) in [6.07, 6.45) is 0.630. The summed E-state index contributed by atoms with van der Waals surface area (Å²) in [5.74, 6) is -1.25. The summed E-state index contributed by atoms with van der Waals surface area (Å²) in [4.78, 5) is 23.6. The van der Waals surface area contributed by atoms with Crippen LogP contribution in [0, 0.1) is 0 Å². The third-order valence-electron chi connectivity index (χ3n) is 2.52. The van der Waals surface area contributed by atoms with E-state index in [1.165, 1.54) is 0 Å². The van der Waals surface area contributed by atoms with E-state index in [2.05, 4.69) is 0 Å². The number of nitrogens with zero attached hydrogens (tertiary/aromatic N) is 1. The quantitative estimate of drug-likeness (QED) is 0.646. The average Bonchev–Trinajstić information content (AvgIpc) is 2.11. The zero-order valence-corrected chi connectivity index (χ0v) is 9.56. The predicted molar refractivity (Wildman–Crippen MR) is 57.4 cm³/mol. The molecule has 0 bridgehead atoms. The topological polar surface area (TPSA) is 83.6 Å². The minimum Gasteiger partial charge on any atom is -0.481 e. The SMILES string of the molecule is CCC(C(N)=O)N(CC)C(C)CC(=O)O. The molecule has 2 unspecified atom stereocenters. The van der Waals surface area contributed by atoms with Crippen LogP contribution in [-0.2, 0) is 9.59 Å². The van der Waals surface area contributed by atoms with Crippen LogP contribution in [-0.4, -0.2) is 40.5 Å². The molecule has 0 fully saturated rings. The number of rotatable bonds is 7. The van der Waals surface area contributed by atoms with Crippen LogP contribution in [0.25, 0.3) is 0 Å². The Morgan fingerprint density at radius 3 is 2.20 bits per heavy atom. The van der Waals surface area contributed by atoms with Gasteiger partial charge in [0, 0.05) is 6.04 Å². The fraction of sp³-hybridized carbons (Fsp3) is 0.800. The number of primary amides is 1. The van der Waals surface area contributed by atoms with Gasteiger partial charge in [-0.3, -0.25) is 14.5 Å². The summed E-state index contributed by atoms with van der Waals surface area (Å²) in [5.41, 5.74) is 5.26. The second-order valence-electron chi connectivity index (χ2n) is 3.60. The van der Waals surface area contributed by atoms with Crippen molar-refractivity contribution in [2.24, 2.45) is 5.73 Å². The molecule has 0 radical (unpaired) electrons. The Labute approximate surface area is 90.2 Å². The summed E-state index contributed by atoms with van der Waals surface area (Å²) in [6, 6.07) is -0.547. The molecule has 0 aliphatic heterocycles. The van der Waals surface area contributed by atoms with Crippen molar-refractivity contribution in [2.75, 3.05) is 6.54 Å². The maximum absolute atomic E-state index is 11.2. The minimum atomic E-state index is -0.861. The van der Waals surface area contributed by atoms with E-state index in [0.29, 0.717) is 13.0 Å². The van der Waals surface area contributed by atoms with Crippen LogP contribution in [0.15, 0.2) is 0 Å². The number of amides is 1. The van der Waals surface area contributed by atoms with Gasteiger partial charge >= 0.3 is 5.97 Å². The van der Waals surface area contributed by atoms with Crippen LogP contribution < -0.4 is 5.73 Å². The molecule has 0 rings (SSSR count). The monoisotopic (exact) mass is 216 g/mol. The maximum atomic E-state index is 11.2. The van der Waals surface area contributed by atoms with Crippen LogP contribution in [0.2, 0.25) is 0 Å². The Morgan fingerprint density at radius 1 is 1.40 bits per heavy atom. The molecule has 3 N–H and O–H groups in total.